The van der Waals surface area contributed by atoms with Crippen molar-refractivity contribution in [2.45, 2.75) is 0 Å². The second-order valence-electron chi connectivity index (χ2n) is 4.25. The molecule has 6 heteroatoms. The summed E-state index contributed by atoms with van der Waals surface area (Å²) in [5, 5.41) is 6.35. The second-order valence-corrected chi connectivity index (χ2v) is 5.17. The number of carbonyl (C=O) groups excluding carboxylic acids is 1. The maximum absolute atomic E-state index is 12.0. The maximum Gasteiger partial charge on any atom is 0.270 e. The highest BCUT2D eigenvalue weighted by molar-refractivity contribution is 9.10. The van der Waals surface area contributed by atoms with Crippen LogP contribution in [0.25, 0.3) is 11.5 Å². The first-order valence-corrected chi connectivity index (χ1v) is 6.98. The number of anilines is 1. The number of carbonyl (C=O) groups is 1. The zero-order chi connectivity index (χ0) is 14.7. The van der Waals surface area contributed by atoms with Gasteiger partial charge in [-0.15, -0.1) is 0 Å². The van der Waals surface area contributed by atoms with Gasteiger partial charge in [0.25, 0.3) is 17.7 Å². The number of halogens is 1. The second kappa shape index (κ2) is 5.88. The fraction of sp³-hybridized carbons (Fsp3) is 0. The van der Waals surface area contributed by atoms with Crippen LogP contribution in [0.15, 0.2) is 63.6 Å². The van der Waals surface area contributed by atoms with Crippen LogP contribution in [0.5, 0.6) is 0 Å². The van der Waals surface area contributed by atoms with Gasteiger partial charge in [0.2, 0.25) is 0 Å². The van der Waals surface area contributed by atoms with Gasteiger partial charge >= 0.3 is 0 Å². The van der Waals surface area contributed by atoms with Gasteiger partial charge in [-0.1, -0.05) is 34.1 Å². The number of nitrogens with zero attached hydrogens (tertiary/aromatic N) is 2. The quantitative estimate of drug-likeness (QED) is 0.786. The molecule has 0 saturated heterocycles. The van der Waals surface area contributed by atoms with Crippen LogP contribution in [-0.4, -0.2) is 16.0 Å². The summed E-state index contributed by atoms with van der Waals surface area (Å²) in [4.78, 5) is 16.2. The zero-order valence-corrected chi connectivity index (χ0v) is 12.4. The summed E-state index contributed by atoms with van der Waals surface area (Å²) >= 11 is 3.32. The minimum atomic E-state index is -0.289. The standard InChI is InChI=1S/C15H10BrN3O2/c16-12-8-6-10(7-9-12)13(20)17-15-18-14(21-19-15)11-4-2-1-3-5-11/h1-9H,(H,17,19,20). The average Bonchev–Trinajstić information content (AvgIpc) is 2.97. The molecule has 0 aliphatic heterocycles. The van der Waals surface area contributed by atoms with E-state index in [9.17, 15) is 4.79 Å². The van der Waals surface area contributed by atoms with E-state index in [2.05, 4.69) is 31.4 Å². The SMILES string of the molecule is O=C(Nc1noc(-c2ccccc2)n1)c1ccc(Br)cc1. The number of aromatic nitrogens is 2. The first kappa shape index (κ1) is 13.5. The van der Waals surface area contributed by atoms with Crippen molar-refractivity contribution in [2.24, 2.45) is 0 Å². The molecule has 0 aliphatic carbocycles. The summed E-state index contributed by atoms with van der Waals surface area (Å²) in [7, 11) is 0. The topological polar surface area (TPSA) is 68.0 Å². The summed E-state index contributed by atoms with van der Waals surface area (Å²) in [6, 6.07) is 16.4. The molecule has 104 valence electrons. The van der Waals surface area contributed by atoms with E-state index < -0.39 is 0 Å². The van der Waals surface area contributed by atoms with Crippen LogP contribution in [0.2, 0.25) is 0 Å². The Morgan fingerprint density at radius 3 is 2.48 bits per heavy atom. The van der Waals surface area contributed by atoms with Crippen molar-refractivity contribution >= 4 is 27.8 Å². The first-order chi connectivity index (χ1) is 10.2. The lowest BCUT2D eigenvalue weighted by Crippen LogP contribution is -2.12. The Hall–Kier alpha value is -2.47. The Morgan fingerprint density at radius 1 is 1.05 bits per heavy atom. The van der Waals surface area contributed by atoms with Crippen LogP contribution in [0, 0.1) is 0 Å². The van der Waals surface area contributed by atoms with E-state index in [-0.39, 0.29) is 11.9 Å². The van der Waals surface area contributed by atoms with Crippen LogP contribution < -0.4 is 5.32 Å². The Bertz CT molecular complexity index is 754. The third-order valence-electron chi connectivity index (χ3n) is 2.78. The van der Waals surface area contributed by atoms with Crippen LogP contribution >= 0.6 is 15.9 Å². The van der Waals surface area contributed by atoms with Gasteiger partial charge in [0.15, 0.2) is 0 Å². The lowest BCUT2D eigenvalue weighted by Gasteiger charge is -2.00. The molecule has 0 unspecified atom stereocenters. The third-order valence-corrected chi connectivity index (χ3v) is 3.31. The van der Waals surface area contributed by atoms with Crippen LogP contribution in [0.4, 0.5) is 5.95 Å². The molecule has 0 atom stereocenters. The summed E-state index contributed by atoms with van der Waals surface area (Å²) in [6.45, 7) is 0. The van der Waals surface area contributed by atoms with Gasteiger partial charge in [-0.25, -0.2) is 0 Å². The van der Waals surface area contributed by atoms with Gasteiger partial charge in [0.1, 0.15) is 0 Å². The van der Waals surface area contributed by atoms with Crippen molar-refractivity contribution < 1.29 is 9.32 Å². The number of rotatable bonds is 3. The molecule has 1 N–H and O–H groups in total. The fourth-order valence-electron chi connectivity index (χ4n) is 1.75. The largest absolute Gasteiger partial charge is 0.332 e. The van der Waals surface area contributed by atoms with Crippen molar-refractivity contribution in [3.8, 4) is 11.5 Å². The number of benzene rings is 2. The number of amides is 1. The molecule has 1 aromatic heterocycles. The van der Waals surface area contributed by atoms with Crippen molar-refractivity contribution in [2.75, 3.05) is 5.32 Å². The van der Waals surface area contributed by atoms with Gasteiger partial charge in [0.05, 0.1) is 0 Å². The molecular weight excluding hydrogens is 334 g/mol. The zero-order valence-electron chi connectivity index (χ0n) is 10.8. The van der Waals surface area contributed by atoms with E-state index in [4.69, 9.17) is 4.52 Å². The van der Waals surface area contributed by atoms with Gasteiger partial charge in [-0.3, -0.25) is 10.1 Å². The number of nitrogens with one attached hydrogen (secondary N) is 1. The minimum Gasteiger partial charge on any atom is -0.332 e. The van der Waals surface area contributed by atoms with E-state index in [1.165, 1.54) is 0 Å². The van der Waals surface area contributed by atoms with Crippen molar-refractivity contribution in [1.82, 2.24) is 10.1 Å². The molecule has 1 heterocycles. The maximum atomic E-state index is 12.0. The molecule has 3 aromatic rings. The van der Waals surface area contributed by atoms with Crippen LogP contribution in [-0.2, 0) is 0 Å². The highest BCUT2D eigenvalue weighted by Crippen LogP contribution is 2.18. The highest BCUT2D eigenvalue weighted by Gasteiger charge is 2.12. The van der Waals surface area contributed by atoms with Gasteiger partial charge in [-0.2, -0.15) is 4.98 Å². The Kier molecular flexibility index (Phi) is 3.79. The van der Waals surface area contributed by atoms with E-state index in [0.29, 0.717) is 11.5 Å². The first-order valence-electron chi connectivity index (χ1n) is 6.18. The molecule has 0 fully saturated rings. The van der Waals surface area contributed by atoms with Gasteiger partial charge in [-0.05, 0) is 41.6 Å². The summed E-state index contributed by atoms with van der Waals surface area (Å²) in [5.41, 5.74) is 1.32. The highest BCUT2D eigenvalue weighted by atomic mass is 79.9. The van der Waals surface area contributed by atoms with E-state index in [0.717, 1.165) is 10.0 Å². The summed E-state index contributed by atoms with van der Waals surface area (Å²) in [6.07, 6.45) is 0. The van der Waals surface area contributed by atoms with Crippen LogP contribution in [0.1, 0.15) is 10.4 Å². The van der Waals surface area contributed by atoms with Gasteiger partial charge in [0, 0.05) is 15.6 Å². The van der Waals surface area contributed by atoms with E-state index in [1.54, 1.807) is 24.3 Å². The average molecular weight is 344 g/mol. The minimum absolute atomic E-state index is 0.141. The van der Waals surface area contributed by atoms with Crippen molar-refractivity contribution in [1.29, 1.82) is 0 Å². The molecule has 21 heavy (non-hydrogen) atoms. The summed E-state index contributed by atoms with van der Waals surface area (Å²) < 4.78 is 6.03. The van der Waals surface area contributed by atoms with Crippen molar-refractivity contribution in [3.05, 3.63) is 64.6 Å². The van der Waals surface area contributed by atoms with Crippen LogP contribution in [0.3, 0.4) is 0 Å². The predicted octanol–water partition coefficient (Wildman–Crippen LogP) is 3.75. The molecule has 0 radical (unpaired) electrons. The molecular formula is C15H10BrN3O2. The van der Waals surface area contributed by atoms with Crippen molar-refractivity contribution in [3.63, 3.8) is 0 Å². The fourth-order valence-corrected chi connectivity index (χ4v) is 2.01. The molecule has 0 bridgehead atoms. The molecule has 5 nitrogen and oxygen atoms in total. The lowest BCUT2D eigenvalue weighted by atomic mass is 10.2. The molecule has 2 aromatic carbocycles. The molecule has 1 amide bonds. The third kappa shape index (κ3) is 3.17. The Morgan fingerprint density at radius 2 is 1.76 bits per heavy atom. The van der Waals surface area contributed by atoms with Gasteiger partial charge < -0.3 is 4.52 Å². The lowest BCUT2D eigenvalue weighted by molar-refractivity contribution is 0.102. The Labute approximate surface area is 129 Å². The van der Waals surface area contributed by atoms with E-state index >= 15 is 0 Å². The predicted molar refractivity (Wildman–Crippen MR) is 81.8 cm³/mol. The number of hydrogen-bond donors (Lipinski definition) is 1. The number of hydrogen-bond acceptors (Lipinski definition) is 4. The van der Waals surface area contributed by atoms with E-state index in [1.807, 2.05) is 30.3 Å². The summed E-state index contributed by atoms with van der Waals surface area (Å²) in [5.74, 6) is 0.214. The normalized spacial score (nSPS) is 10.3. The Balaban J connectivity index is 1.75. The molecule has 0 aliphatic rings. The molecule has 0 saturated carbocycles. The molecule has 0 spiro atoms. The monoisotopic (exact) mass is 343 g/mol. The molecule has 3 rings (SSSR count). The smallest absolute Gasteiger partial charge is 0.270 e.